The lowest BCUT2D eigenvalue weighted by atomic mass is 9.86. The molecule has 4 amide bonds. The van der Waals surface area contributed by atoms with E-state index in [0.717, 1.165) is 79.9 Å². The highest BCUT2D eigenvalue weighted by Gasteiger charge is 2.35. The van der Waals surface area contributed by atoms with Crippen molar-refractivity contribution in [3.05, 3.63) is 157 Å². The Morgan fingerprint density at radius 3 is 1.74 bits per heavy atom. The van der Waals surface area contributed by atoms with E-state index in [1.807, 2.05) is 48.3 Å². The molecule has 4 fully saturated rings. The van der Waals surface area contributed by atoms with Gasteiger partial charge in [-0.15, -0.1) is 0 Å². The third-order valence-electron chi connectivity index (χ3n) is 18.1. The molecule has 4 N–H and O–H groups in total. The van der Waals surface area contributed by atoms with Crippen molar-refractivity contribution in [3.63, 3.8) is 0 Å². The number of amides is 4. The highest BCUT2D eigenvalue weighted by Crippen LogP contribution is 2.40. The number of rotatable bonds is 22. The van der Waals surface area contributed by atoms with Crippen LogP contribution in [-0.2, 0) is 9.59 Å². The fourth-order valence-electron chi connectivity index (χ4n) is 13.1. The van der Waals surface area contributed by atoms with Crippen LogP contribution in [0.5, 0.6) is 11.5 Å². The summed E-state index contributed by atoms with van der Waals surface area (Å²) in [7, 11) is 8.47. The highest BCUT2D eigenvalue weighted by atomic mass is 16.5. The van der Waals surface area contributed by atoms with Gasteiger partial charge in [0.1, 0.15) is 45.8 Å². The lowest BCUT2D eigenvalue weighted by Gasteiger charge is -2.40. The van der Waals surface area contributed by atoms with E-state index in [2.05, 4.69) is 57.2 Å². The van der Waals surface area contributed by atoms with Gasteiger partial charge in [0.2, 0.25) is 23.7 Å². The summed E-state index contributed by atoms with van der Waals surface area (Å²) >= 11 is 0. The third-order valence-corrected chi connectivity index (χ3v) is 18.1. The molecular formula is C69H76N16O8. The van der Waals surface area contributed by atoms with Crippen LogP contribution in [0.4, 0.5) is 34.9 Å². The number of methoxy groups -OCH3 is 2. The molecule has 6 aromatic heterocycles. The molecule has 1 saturated heterocycles. The summed E-state index contributed by atoms with van der Waals surface area (Å²) in [5, 5.41) is 14.5. The molecule has 480 valence electrons. The molecule has 1 aliphatic heterocycles. The number of carbonyl (C=O) groups excluding carboxylic acids is 6. The van der Waals surface area contributed by atoms with Gasteiger partial charge >= 0.3 is 0 Å². The van der Waals surface area contributed by atoms with E-state index < -0.39 is 0 Å². The van der Waals surface area contributed by atoms with Crippen molar-refractivity contribution in [1.82, 2.24) is 59.1 Å². The quantitative estimate of drug-likeness (QED) is 0.0363. The number of benzene rings is 2. The number of aromatic nitrogens is 8. The van der Waals surface area contributed by atoms with Gasteiger partial charge in [-0.1, -0.05) is 12.8 Å². The maximum Gasteiger partial charge on any atom is 0.270 e. The average molecular weight is 1260 g/mol. The van der Waals surface area contributed by atoms with E-state index in [1.165, 1.54) is 24.3 Å². The maximum absolute atomic E-state index is 14.8. The molecule has 8 aromatic rings. The van der Waals surface area contributed by atoms with Crippen LogP contribution in [0, 0.1) is 5.92 Å². The lowest BCUT2D eigenvalue weighted by molar-refractivity contribution is -0.126. The van der Waals surface area contributed by atoms with Gasteiger partial charge in [-0.2, -0.15) is 9.97 Å². The van der Waals surface area contributed by atoms with Crippen LogP contribution < -0.4 is 35.6 Å². The number of ketones is 2. The zero-order chi connectivity index (χ0) is 64.9. The van der Waals surface area contributed by atoms with E-state index >= 15 is 0 Å². The number of pyridine rings is 2. The molecule has 0 bridgehead atoms. The van der Waals surface area contributed by atoms with Crippen molar-refractivity contribution in [2.24, 2.45) is 5.92 Å². The van der Waals surface area contributed by atoms with Gasteiger partial charge in [0.15, 0.2) is 11.6 Å². The molecule has 3 atom stereocenters. The van der Waals surface area contributed by atoms with Crippen LogP contribution in [0.1, 0.15) is 118 Å². The molecule has 2 aromatic carbocycles. The van der Waals surface area contributed by atoms with Crippen LogP contribution in [-0.4, -0.2) is 169 Å². The van der Waals surface area contributed by atoms with E-state index in [-0.39, 0.29) is 71.3 Å². The number of fused-ring (bicyclic) bond motifs is 2. The SMILES string of the molecule is COc1ccc(C(=O)/C=C/C(=O)NC2CC(Nc3ccc(Nc4ncc5cc(C(=O)N(C)CC6CCC(n7c(C(=O)N(C)C)cc8cnc(Nc9ccc(N%10CCN(C(=O)/C=C/C(=O)c%11ccc(OC)cc%11)C[C@H]%10C)cn9)nc87)C6)n(C6CCCC6)c5n4)nc3)C2)cc1. The number of carbonyl (C=O) groups is 6. The van der Waals surface area contributed by atoms with Gasteiger partial charge in [0.25, 0.3) is 11.8 Å². The molecule has 12 rings (SSSR count). The second-order valence-electron chi connectivity index (χ2n) is 24.7. The maximum atomic E-state index is 14.8. The summed E-state index contributed by atoms with van der Waals surface area (Å²) in [4.78, 5) is 116. The molecule has 24 nitrogen and oxygen atoms in total. The largest absolute Gasteiger partial charge is 0.497 e. The van der Waals surface area contributed by atoms with Crippen LogP contribution in [0.2, 0.25) is 0 Å². The average Bonchev–Trinajstić information content (AvgIpc) is 1.64. The van der Waals surface area contributed by atoms with Crippen molar-refractivity contribution >= 4 is 92.2 Å². The molecule has 24 heteroatoms. The number of nitrogens with one attached hydrogen (secondary N) is 4. The van der Waals surface area contributed by atoms with E-state index in [0.29, 0.717) is 95.0 Å². The molecule has 4 aliphatic rings. The van der Waals surface area contributed by atoms with Gasteiger partial charge < -0.3 is 59.5 Å². The summed E-state index contributed by atoms with van der Waals surface area (Å²) in [6.07, 6.45) is 20.0. The van der Waals surface area contributed by atoms with Crippen molar-refractivity contribution < 1.29 is 38.2 Å². The minimum atomic E-state index is -0.317. The first-order valence-electron chi connectivity index (χ1n) is 31.6. The third kappa shape index (κ3) is 14.2. The summed E-state index contributed by atoms with van der Waals surface area (Å²) in [5.41, 5.74) is 5.07. The van der Waals surface area contributed by atoms with Gasteiger partial charge in [0.05, 0.1) is 38.0 Å². The van der Waals surface area contributed by atoms with E-state index in [1.54, 1.807) is 111 Å². The van der Waals surface area contributed by atoms with Gasteiger partial charge in [-0.25, -0.2) is 19.9 Å². The second kappa shape index (κ2) is 27.5. The standard InChI is InChI=1S/C69H76N16O8/c1-42-40-82(63(89)28-24-59(87)45-14-21-55(93-6)22-15-45)29-30-83(42)53-18-26-61(71-39-53)77-69-72-36-46-32-56(66(90)80(2)3)85(65(46)79-69)52-17-11-43(31-52)41-81(4)67(91)57-33-47-37-73-68(78-64(47)84(57)51-9-7-8-10-51)76-60-25-16-48(38-70-60)74-49-34-50(35-49)75-62(88)27-23-58(86)44-12-19-54(92-5)20-13-44/h12-16,18-28,32-33,36-39,42-43,49-52,74H,7-11,17,29-31,34-35,40-41H2,1-6H3,(H,75,88)(H,70,73,76,78)(H,71,72,77,79)/b27-23+,28-24+/t42-,43?,49?,50?,52?/m1/s1. The number of piperazine rings is 1. The summed E-state index contributed by atoms with van der Waals surface area (Å²) < 4.78 is 14.5. The summed E-state index contributed by atoms with van der Waals surface area (Å²) in [5.74, 6) is 1.91. The molecule has 3 saturated carbocycles. The molecule has 3 aliphatic carbocycles. The first-order chi connectivity index (χ1) is 45.0. The molecule has 7 heterocycles. The molecule has 0 spiro atoms. The Bertz CT molecular complexity index is 4140. The van der Waals surface area contributed by atoms with Crippen LogP contribution in [0.3, 0.4) is 0 Å². The van der Waals surface area contributed by atoms with Crippen molar-refractivity contribution in [1.29, 1.82) is 0 Å². The van der Waals surface area contributed by atoms with Crippen molar-refractivity contribution in [2.75, 3.05) is 82.4 Å². The number of anilines is 6. The Hall–Kier alpha value is -10.5. The number of hydrogen-bond donors (Lipinski definition) is 4. The molecule has 93 heavy (non-hydrogen) atoms. The summed E-state index contributed by atoms with van der Waals surface area (Å²) in [6.45, 7) is 4.09. The minimum absolute atomic E-state index is 0.0188. The lowest BCUT2D eigenvalue weighted by Crippen LogP contribution is -2.53. The zero-order valence-electron chi connectivity index (χ0n) is 53.0. The van der Waals surface area contributed by atoms with Crippen LogP contribution in [0.25, 0.3) is 22.1 Å². The monoisotopic (exact) mass is 1260 g/mol. The van der Waals surface area contributed by atoms with Crippen molar-refractivity contribution in [3.8, 4) is 11.5 Å². The van der Waals surface area contributed by atoms with Gasteiger partial charge in [-0.05, 0) is 155 Å². The molecular weight excluding hydrogens is 1180 g/mol. The predicted octanol–water partition coefficient (Wildman–Crippen LogP) is 9.38. The van der Waals surface area contributed by atoms with E-state index in [4.69, 9.17) is 24.4 Å². The normalized spacial score (nSPS) is 19.0. The van der Waals surface area contributed by atoms with E-state index in [9.17, 15) is 28.8 Å². The van der Waals surface area contributed by atoms with Gasteiger partial charge in [-0.3, -0.25) is 28.8 Å². The zero-order valence-corrected chi connectivity index (χ0v) is 53.0. The predicted molar refractivity (Wildman–Crippen MR) is 354 cm³/mol. The Kier molecular flexibility index (Phi) is 18.5. The number of hydrogen-bond acceptors (Lipinski definition) is 18. The Balaban J connectivity index is 0.655. The van der Waals surface area contributed by atoms with Crippen molar-refractivity contribution in [2.45, 2.75) is 94.9 Å². The van der Waals surface area contributed by atoms with Gasteiger partial charge in [0, 0.05) is 124 Å². The topological polar surface area (TPSA) is 269 Å². The first kappa shape index (κ1) is 62.7. The number of nitrogens with zero attached hydrogens (tertiary/aromatic N) is 12. The summed E-state index contributed by atoms with van der Waals surface area (Å²) in [6, 6.07) is 25.0. The molecule has 0 radical (unpaired) electrons. The molecule has 2 unspecified atom stereocenters. The number of ether oxygens (including phenoxy) is 2. The fraction of sp³-hybridized carbons (Fsp3) is 0.362. The second-order valence-corrected chi connectivity index (χ2v) is 24.7. The fourth-order valence-corrected chi connectivity index (χ4v) is 13.1. The highest BCUT2D eigenvalue weighted by molar-refractivity contribution is 6.08. The minimum Gasteiger partial charge on any atom is -0.497 e. The van der Waals surface area contributed by atoms with Crippen LogP contribution in [0.15, 0.2) is 134 Å². The Morgan fingerprint density at radius 2 is 1.18 bits per heavy atom. The number of allylic oxidation sites excluding steroid dienone is 2. The Labute approximate surface area is 538 Å². The Morgan fingerprint density at radius 1 is 0.602 bits per heavy atom. The first-order valence-corrected chi connectivity index (χ1v) is 31.6. The van der Waals surface area contributed by atoms with Crippen LogP contribution >= 0.6 is 0 Å². The smallest absolute Gasteiger partial charge is 0.270 e.